The summed E-state index contributed by atoms with van der Waals surface area (Å²) >= 11 is 0. The van der Waals surface area contributed by atoms with Gasteiger partial charge in [-0.25, -0.2) is 4.79 Å². The van der Waals surface area contributed by atoms with E-state index in [0.717, 1.165) is 13.0 Å². The van der Waals surface area contributed by atoms with Crippen LogP contribution < -0.4 is 0 Å². The second-order valence-corrected chi connectivity index (χ2v) is 3.35. The van der Waals surface area contributed by atoms with Crippen molar-refractivity contribution in [2.75, 3.05) is 0 Å². The maximum atomic E-state index is 10.4. The van der Waals surface area contributed by atoms with Gasteiger partial charge in [-0.05, 0) is 12.3 Å². The molecule has 0 amide bonds. The lowest BCUT2D eigenvalue weighted by atomic mass is 10.1. The molecule has 1 aromatic rings. The molecule has 13 heavy (non-hydrogen) atoms. The highest BCUT2D eigenvalue weighted by Gasteiger charge is 2.07. The molecule has 0 spiro atoms. The monoisotopic (exact) mass is 183 g/mol. The third-order valence-electron chi connectivity index (χ3n) is 1.69. The van der Waals surface area contributed by atoms with Crippen molar-refractivity contribution in [1.29, 1.82) is 0 Å². The van der Waals surface area contributed by atoms with E-state index in [1.807, 2.05) is 0 Å². The van der Waals surface area contributed by atoms with E-state index in [0.29, 0.717) is 5.92 Å². The highest BCUT2D eigenvalue weighted by molar-refractivity contribution is 5.84. The van der Waals surface area contributed by atoms with Gasteiger partial charge in [-0.3, -0.25) is 4.68 Å². The lowest BCUT2D eigenvalue weighted by Gasteiger charge is -2.02. The van der Waals surface area contributed by atoms with Gasteiger partial charge in [-0.15, -0.1) is 5.10 Å². The lowest BCUT2D eigenvalue weighted by molar-refractivity contribution is 0.0690. The van der Waals surface area contributed by atoms with Gasteiger partial charge in [0, 0.05) is 6.54 Å². The number of carbonyl (C=O) groups is 1. The van der Waals surface area contributed by atoms with Crippen molar-refractivity contribution >= 4 is 5.97 Å². The number of nitrogens with zero attached hydrogens (tertiary/aromatic N) is 3. The number of carboxylic acids is 1. The van der Waals surface area contributed by atoms with Gasteiger partial charge in [0.2, 0.25) is 0 Å². The van der Waals surface area contributed by atoms with Crippen LogP contribution in [0.2, 0.25) is 0 Å². The molecule has 1 N–H and O–H groups in total. The molecule has 0 aliphatic heterocycles. The van der Waals surface area contributed by atoms with Crippen molar-refractivity contribution in [3.05, 3.63) is 11.9 Å². The Morgan fingerprint density at radius 1 is 1.69 bits per heavy atom. The molecule has 1 aromatic heterocycles. The Morgan fingerprint density at radius 3 is 2.85 bits per heavy atom. The minimum absolute atomic E-state index is 0.00348. The first-order valence-electron chi connectivity index (χ1n) is 4.23. The van der Waals surface area contributed by atoms with Crippen LogP contribution in [0.5, 0.6) is 0 Å². The van der Waals surface area contributed by atoms with Gasteiger partial charge in [0.1, 0.15) is 0 Å². The van der Waals surface area contributed by atoms with E-state index in [1.165, 1.54) is 6.20 Å². The molecule has 5 nitrogen and oxygen atoms in total. The maximum Gasteiger partial charge on any atom is 0.358 e. The highest BCUT2D eigenvalue weighted by atomic mass is 16.4. The van der Waals surface area contributed by atoms with Crippen molar-refractivity contribution in [1.82, 2.24) is 15.0 Å². The zero-order valence-corrected chi connectivity index (χ0v) is 7.77. The van der Waals surface area contributed by atoms with Gasteiger partial charge in [-0.2, -0.15) is 0 Å². The molecule has 0 saturated heterocycles. The first kappa shape index (κ1) is 9.70. The Balaban J connectivity index is 2.54. The molecule has 72 valence electrons. The standard InChI is InChI=1S/C8H13N3O2/c1-6(2)3-4-11-5-7(8(12)13)9-10-11/h5-6H,3-4H2,1-2H3,(H,12,13). The molecule has 0 aliphatic carbocycles. The van der Waals surface area contributed by atoms with E-state index in [9.17, 15) is 4.79 Å². The fourth-order valence-corrected chi connectivity index (χ4v) is 0.896. The van der Waals surface area contributed by atoms with Crippen molar-refractivity contribution in [3.8, 4) is 0 Å². The summed E-state index contributed by atoms with van der Waals surface area (Å²) in [6.07, 6.45) is 2.42. The van der Waals surface area contributed by atoms with E-state index in [-0.39, 0.29) is 5.69 Å². The van der Waals surface area contributed by atoms with Crippen molar-refractivity contribution < 1.29 is 9.90 Å². The smallest absolute Gasteiger partial charge is 0.358 e. The number of aromatic carboxylic acids is 1. The van der Waals surface area contributed by atoms with E-state index >= 15 is 0 Å². The number of aromatic nitrogens is 3. The van der Waals surface area contributed by atoms with Gasteiger partial charge in [0.25, 0.3) is 0 Å². The minimum Gasteiger partial charge on any atom is -0.476 e. The van der Waals surface area contributed by atoms with Crippen LogP contribution in [0.25, 0.3) is 0 Å². The average Bonchev–Trinajstić information content (AvgIpc) is 2.48. The summed E-state index contributed by atoms with van der Waals surface area (Å²) < 4.78 is 1.56. The average molecular weight is 183 g/mol. The SMILES string of the molecule is CC(C)CCn1cc(C(=O)O)nn1. The van der Waals surface area contributed by atoms with E-state index in [2.05, 4.69) is 24.2 Å². The molecule has 0 saturated carbocycles. The number of aryl methyl sites for hydroxylation is 1. The molecule has 0 aromatic carbocycles. The van der Waals surface area contributed by atoms with Crippen LogP contribution in [0.3, 0.4) is 0 Å². The quantitative estimate of drug-likeness (QED) is 0.756. The predicted molar refractivity (Wildman–Crippen MR) is 46.4 cm³/mol. The Bertz CT molecular complexity index is 293. The van der Waals surface area contributed by atoms with Crippen molar-refractivity contribution in [3.63, 3.8) is 0 Å². The first-order chi connectivity index (χ1) is 6.09. The molecular weight excluding hydrogens is 170 g/mol. The zero-order valence-electron chi connectivity index (χ0n) is 7.77. The molecule has 0 unspecified atom stereocenters. The predicted octanol–water partition coefficient (Wildman–Crippen LogP) is 1.02. The summed E-state index contributed by atoms with van der Waals surface area (Å²) in [7, 11) is 0. The molecule has 1 rings (SSSR count). The molecule has 0 fully saturated rings. The van der Waals surface area contributed by atoms with Crippen molar-refractivity contribution in [2.45, 2.75) is 26.8 Å². The summed E-state index contributed by atoms with van der Waals surface area (Å²) in [5, 5.41) is 15.8. The van der Waals surface area contributed by atoms with Crippen molar-refractivity contribution in [2.24, 2.45) is 5.92 Å². The summed E-state index contributed by atoms with van der Waals surface area (Å²) in [5.74, 6) is -0.451. The number of hydrogen-bond acceptors (Lipinski definition) is 3. The molecule has 0 radical (unpaired) electrons. The number of hydrogen-bond donors (Lipinski definition) is 1. The van der Waals surface area contributed by atoms with Gasteiger partial charge in [0.05, 0.1) is 6.20 Å². The van der Waals surface area contributed by atoms with E-state index < -0.39 is 5.97 Å². The summed E-state index contributed by atoms with van der Waals surface area (Å²) in [4.78, 5) is 10.4. The molecular formula is C8H13N3O2. The van der Waals surface area contributed by atoms with Crippen LogP contribution in [-0.4, -0.2) is 26.1 Å². The van der Waals surface area contributed by atoms with Crippen LogP contribution in [0.1, 0.15) is 30.8 Å². The van der Waals surface area contributed by atoms with E-state index in [4.69, 9.17) is 5.11 Å². The van der Waals surface area contributed by atoms with Gasteiger partial charge < -0.3 is 5.11 Å². The van der Waals surface area contributed by atoms with Crippen LogP contribution in [0.4, 0.5) is 0 Å². The summed E-state index contributed by atoms with van der Waals surface area (Å²) in [5.41, 5.74) is 0.00348. The molecule has 1 heterocycles. The molecule has 0 atom stereocenters. The molecule has 0 aliphatic rings. The summed E-state index contributed by atoms with van der Waals surface area (Å²) in [6.45, 7) is 4.93. The van der Waals surface area contributed by atoms with Crippen LogP contribution in [-0.2, 0) is 6.54 Å². The second kappa shape index (κ2) is 4.02. The highest BCUT2D eigenvalue weighted by Crippen LogP contribution is 2.02. The van der Waals surface area contributed by atoms with Crippen LogP contribution in [0.15, 0.2) is 6.20 Å². The zero-order chi connectivity index (χ0) is 9.84. The number of rotatable bonds is 4. The normalized spacial score (nSPS) is 10.7. The van der Waals surface area contributed by atoms with Gasteiger partial charge >= 0.3 is 5.97 Å². The second-order valence-electron chi connectivity index (χ2n) is 3.35. The Hall–Kier alpha value is -1.39. The fraction of sp³-hybridized carbons (Fsp3) is 0.625. The Morgan fingerprint density at radius 2 is 2.38 bits per heavy atom. The topological polar surface area (TPSA) is 68.0 Å². The molecule has 0 bridgehead atoms. The third-order valence-corrected chi connectivity index (χ3v) is 1.69. The minimum atomic E-state index is -1.03. The Kier molecular flexibility index (Phi) is 3.00. The first-order valence-corrected chi connectivity index (χ1v) is 4.23. The number of carboxylic acid groups (broad SMARTS) is 1. The van der Waals surface area contributed by atoms with E-state index in [1.54, 1.807) is 4.68 Å². The van der Waals surface area contributed by atoms with Gasteiger partial charge in [-0.1, -0.05) is 19.1 Å². The van der Waals surface area contributed by atoms with Crippen LogP contribution >= 0.6 is 0 Å². The van der Waals surface area contributed by atoms with Gasteiger partial charge in [0.15, 0.2) is 5.69 Å². The summed E-state index contributed by atoms with van der Waals surface area (Å²) in [6, 6.07) is 0. The van der Waals surface area contributed by atoms with Crippen LogP contribution in [0, 0.1) is 5.92 Å². The maximum absolute atomic E-state index is 10.4. The lowest BCUT2D eigenvalue weighted by Crippen LogP contribution is -2.02. The fourth-order valence-electron chi connectivity index (χ4n) is 0.896. The largest absolute Gasteiger partial charge is 0.476 e. The third kappa shape index (κ3) is 2.85. The molecule has 5 heteroatoms. The Labute approximate surface area is 76.4 Å².